The number of carbonyl (C=O) groups excluding carboxylic acids is 2. The van der Waals surface area contributed by atoms with Gasteiger partial charge in [-0.15, -0.1) is 0 Å². The zero-order valence-electron chi connectivity index (χ0n) is 16.2. The third kappa shape index (κ3) is 6.67. The van der Waals surface area contributed by atoms with Crippen molar-refractivity contribution in [2.24, 2.45) is 5.92 Å². The smallest absolute Gasteiger partial charge is 0.272 e. The number of benzene rings is 1. The molecule has 156 valence electrons. The van der Waals surface area contributed by atoms with Crippen LogP contribution in [0.5, 0.6) is 5.75 Å². The summed E-state index contributed by atoms with van der Waals surface area (Å²) < 4.78 is 29.4. The third-order valence-corrected chi connectivity index (χ3v) is 4.29. The van der Waals surface area contributed by atoms with Gasteiger partial charge in [0.25, 0.3) is 12.3 Å². The third-order valence-electron chi connectivity index (χ3n) is 3.96. The van der Waals surface area contributed by atoms with Crippen molar-refractivity contribution < 1.29 is 23.1 Å². The summed E-state index contributed by atoms with van der Waals surface area (Å²) in [5.74, 6) is -0.303. The SMILES string of the molecule is CC(C)C(=O)Nc1cc(C(=O)NC(C)c2ccc(OCC(F)F)cc2Cl)ccn1. The Morgan fingerprint density at radius 3 is 2.52 bits per heavy atom. The molecule has 0 saturated heterocycles. The normalized spacial score (nSPS) is 12.0. The van der Waals surface area contributed by atoms with Crippen molar-refractivity contribution in [3.05, 3.63) is 52.7 Å². The van der Waals surface area contributed by atoms with Gasteiger partial charge in [0.2, 0.25) is 5.91 Å². The molecule has 0 radical (unpaired) electrons. The Bertz CT molecular complexity index is 878. The Morgan fingerprint density at radius 2 is 1.90 bits per heavy atom. The summed E-state index contributed by atoms with van der Waals surface area (Å²) in [7, 11) is 0. The van der Waals surface area contributed by atoms with E-state index in [1.54, 1.807) is 26.8 Å². The summed E-state index contributed by atoms with van der Waals surface area (Å²) in [4.78, 5) is 28.4. The van der Waals surface area contributed by atoms with Crippen molar-refractivity contribution in [1.82, 2.24) is 10.3 Å². The highest BCUT2D eigenvalue weighted by atomic mass is 35.5. The Kier molecular flexibility index (Phi) is 7.90. The molecular formula is C20H22ClF2N3O3. The maximum atomic E-state index is 12.6. The van der Waals surface area contributed by atoms with Gasteiger partial charge in [-0.25, -0.2) is 13.8 Å². The predicted octanol–water partition coefficient (Wildman–Crippen LogP) is 4.46. The van der Waals surface area contributed by atoms with E-state index >= 15 is 0 Å². The number of pyridine rings is 1. The summed E-state index contributed by atoms with van der Waals surface area (Å²) in [6.07, 6.45) is -1.15. The van der Waals surface area contributed by atoms with Crippen LogP contribution in [-0.4, -0.2) is 29.8 Å². The average Bonchev–Trinajstić information content (AvgIpc) is 2.66. The molecular weight excluding hydrogens is 404 g/mol. The maximum absolute atomic E-state index is 12.6. The van der Waals surface area contributed by atoms with Crippen molar-refractivity contribution in [1.29, 1.82) is 0 Å². The minimum absolute atomic E-state index is 0.204. The van der Waals surface area contributed by atoms with E-state index in [0.717, 1.165) is 0 Å². The van der Waals surface area contributed by atoms with Crippen LogP contribution in [0.1, 0.15) is 42.7 Å². The Labute approximate surface area is 172 Å². The summed E-state index contributed by atoms with van der Waals surface area (Å²) in [5.41, 5.74) is 0.922. The minimum Gasteiger partial charge on any atom is -0.488 e. The molecule has 1 unspecified atom stereocenters. The van der Waals surface area contributed by atoms with E-state index in [2.05, 4.69) is 15.6 Å². The maximum Gasteiger partial charge on any atom is 0.272 e. The highest BCUT2D eigenvalue weighted by Crippen LogP contribution is 2.28. The fraction of sp³-hybridized carbons (Fsp3) is 0.350. The van der Waals surface area contributed by atoms with Gasteiger partial charge in [-0.2, -0.15) is 0 Å². The Morgan fingerprint density at radius 1 is 1.17 bits per heavy atom. The van der Waals surface area contributed by atoms with E-state index in [1.807, 2.05) is 0 Å². The number of carbonyl (C=O) groups is 2. The van der Waals surface area contributed by atoms with Gasteiger partial charge in [0.15, 0.2) is 0 Å². The number of amides is 2. The molecule has 0 saturated carbocycles. The first-order chi connectivity index (χ1) is 13.7. The van der Waals surface area contributed by atoms with Crippen molar-refractivity contribution in [3.63, 3.8) is 0 Å². The first-order valence-corrected chi connectivity index (χ1v) is 9.33. The van der Waals surface area contributed by atoms with Gasteiger partial charge >= 0.3 is 0 Å². The molecule has 1 heterocycles. The van der Waals surface area contributed by atoms with Crippen LogP contribution in [0.25, 0.3) is 0 Å². The number of anilines is 1. The molecule has 2 rings (SSSR count). The van der Waals surface area contributed by atoms with E-state index < -0.39 is 19.1 Å². The predicted molar refractivity (Wildman–Crippen MR) is 107 cm³/mol. The zero-order valence-corrected chi connectivity index (χ0v) is 17.0. The molecule has 0 spiro atoms. The highest BCUT2D eigenvalue weighted by Gasteiger charge is 2.16. The Balaban J connectivity index is 2.06. The number of hydrogen-bond donors (Lipinski definition) is 2. The zero-order chi connectivity index (χ0) is 21.6. The molecule has 0 aliphatic rings. The standard InChI is InChI=1S/C20H22ClF2N3O3/c1-11(2)19(27)26-18-8-13(6-7-24-18)20(28)25-12(3)15-5-4-14(9-16(15)21)29-10-17(22)23/h4-9,11-12,17H,10H2,1-3H3,(H,25,28)(H,24,26,27). The lowest BCUT2D eigenvalue weighted by atomic mass is 10.1. The van der Waals surface area contributed by atoms with Gasteiger partial charge in [-0.1, -0.05) is 31.5 Å². The minimum atomic E-state index is -2.58. The van der Waals surface area contributed by atoms with Gasteiger partial charge in [0.1, 0.15) is 18.2 Å². The lowest BCUT2D eigenvalue weighted by Crippen LogP contribution is -2.27. The van der Waals surface area contributed by atoms with E-state index in [-0.39, 0.29) is 34.3 Å². The summed E-state index contributed by atoms with van der Waals surface area (Å²) in [5, 5.41) is 5.72. The number of rotatable bonds is 8. The van der Waals surface area contributed by atoms with Crippen LogP contribution < -0.4 is 15.4 Å². The van der Waals surface area contributed by atoms with Crippen LogP contribution in [0.3, 0.4) is 0 Å². The molecule has 0 aliphatic carbocycles. The van der Waals surface area contributed by atoms with Crippen molar-refractivity contribution >= 4 is 29.2 Å². The van der Waals surface area contributed by atoms with E-state index in [4.69, 9.17) is 16.3 Å². The number of nitrogens with one attached hydrogen (secondary N) is 2. The van der Waals surface area contributed by atoms with Crippen LogP contribution in [-0.2, 0) is 4.79 Å². The second kappa shape index (κ2) is 10.2. The lowest BCUT2D eigenvalue weighted by molar-refractivity contribution is -0.118. The molecule has 2 N–H and O–H groups in total. The quantitative estimate of drug-likeness (QED) is 0.654. The average molecular weight is 426 g/mol. The second-order valence-corrected chi connectivity index (χ2v) is 7.06. The molecule has 0 bridgehead atoms. The summed E-state index contributed by atoms with van der Waals surface area (Å²) in [6, 6.07) is 7.09. The fourth-order valence-corrected chi connectivity index (χ4v) is 2.71. The van der Waals surface area contributed by atoms with Crippen LogP contribution in [0.2, 0.25) is 5.02 Å². The van der Waals surface area contributed by atoms with Crippen LogP contribution in [0.4, 0.5) is 14.6 Å². The second-order valence-electron chi connectivity index (χ2n) is 6.65. The van der Waals surface area contributed by atoms with Gasteiger partial charge in [-0.05, 0) is 36.8 Å². The molecule has 29 heavy (non-hydrogen) atoms. The fourth-order valence-electron chi connectivity index (χ4n) is 2.38. The molecule has 1 aromatic heterocycles. The number of aromatic nitrogens is 1. The van der Waals surface area contributed by atoms with E-state index in [0.29, 0.717) is 11.1 Å². The van der Waals surface area contributed by atoms with Gasteiger partial charge in [-0.3, -0.25) is 9.59 Å². The number of halogens is 3. The molecule has 2 aromatic rings. The van der Waals surface area contributed by atoms with Gasteiger partial charge in [0.05, 0.1) is 6.04 Å². The highest BCUT2D eigenvalue weighted by molar-refractivity contribution is 6.31. The first-order valence-electron chi connectivity index (χ1n) is 8.95. The molecule has 0 fully saturated rings. The largest absolute Gasteiger partial charge is 0.488 e. The topological polar surface area (TPSA) is 80.3 Å². The monoisotopic (exact) mass is 425 g/mol. The molecule has 1 aromatic carbocycles. The van der Waals surface area contributed by atoms with Gasteiger partial charge in [0, 0.05) is 22.7 Å². The van der Waals surface area contributed by atoms with Crippen LogP contribution >= 0.6 is 11.6 Å². The van der Waals surface area contributed by atoms with Crippen molar-refractivity contribution in [2.75, 3.05) is 11.9 Å². The van der Waals surface area contributed by atoms with Crippen LogP contribution in [0.15, 0.2) is 36.5 Å². The number of ether oxygens (including phenoxy) is 1. The van der Waals surface area contributed by atoms with Crippen molar-refractivity contribution in [3.8, 4) is 5.75 Å². The molecule has 9 heteroatoms. The van der Waals surface area contributed by atoms with E-state index in [9.17, 15) is 18.4 Å². The number of nitrogens with zero attached hydrogens (tertiary/aromatic N) is 1. The Hall–Kier alpha value is -2.74. The lowest BCUT2D eigenvalue weighted by Gasteiger charge is -2.17. The number of hydrogen-bond acceptors (Lipinski definition) is 4. The summed E-state index contributed by atoms with van der Waals surface area (Å²) >= 11 is 6.20. The number of alkyl halides is 2. The molecule has 6 nitrogen and oxygen atoms in total. The first kappa shape index (κ1) is 22.5. The molecule has 2 amide bonds. The van der Waals surface area contributed by atoms with Gasteiger partial charge < -0.3 is 15.4 Å². The van der Waals surface area contributed by atoms with Crippen molar-refractivity contribution in [2.45, 2.75) is 33.2 Å². The summed E-state index contributed by atoms with van der Waals surface area (Å²) in [6.45, 7) is 4.52. The van der Waals surface area contributed by atoms with Crippen LogP contribution in [0, 0.1) is 5.92 Å². The van der Waals surface area contributed by atoms with E-state index in [1.165, 1.54) is 30.5 Å². The molecule has 0 aliphatic heterocycles. The molecule has 1 atom stereocenters.